The van der Waals surface area contributed by atoms with Crippen LogP contribution in [0.3, 0.4) is 0 Å². The molecule has 0 amide bonds. The molecule has 0 atom stereocenters. The predicted octanol–water partition coefficient (Wildman–Crippen LogP) is 2.72. The number of rotatable bonds is 4. The zero-order valence-electron chi connectivity index (χ0n) is 9.41. The first-order valence-corrected chi connectivity index (χ1v) is 5.32. The van der Waals surface area contributed by atoms with E-state index in [2.05, 4.69) is 5.32 Å². The molecule has 0 aliphatic carbocycles. The summed E-state index contributed by atoms with van der Waals surface area (Å²) in [5, 5.41) is 11.4. The molecule has 18 heavy (non-hydrogen) atoms. The lowest BCUT2D eigenvalue weighted by Crippen LogP contribution is -2.14. The SMILES string of the molecule is N#Cc1cc(F)c(CNCc2ccco2)c(F)c1. The van der Waals surface area contributed by atoms with Crippen LogP contribution in [0, 0.1) is 23.0 Å². The van der Waals surface area contributed by atoms with E-state index in [-0.39, 0.29) is 17.7 Å². The van der Waals surface area contributed by atoms with Gasteiger partial charge in [0, 0.05) is 12.1 Å². The van der Waals surface area contributed by atoms with Crippen LogP contribution >= 0.6 is 0 Å². The molecule has 2 rings (SSSR count). The summed E-state index contributed by atoms with van der Waals surface area (Å²) in [4.78, 5) is 0. The fourth-order valence-electron chi connectivity index (χ4n) is 1.56. The molecule has 0 radical (unpaired) electrons. The number of nitrogens with zero attached hydrogens (tertiary/aromatic N) is 1. The van der Waals surface area contributed by atoms with E-state index in [1.54, 1.807) is 18.2 Å². The molecule has 92 valence electrons. The number of hydrogen-bond acceptors (Lipinski definition) is 3. The predicted molar refractivity (Wildman–Crippen MR) is 60.3 cm³/mol. The molecule has 1 aromatic heterocycles. The average Bonchev–Trinajstić information content (AvgIpc) is 2.85. The van der Waals surface area contributed by atoms with Crippen LogP contribution in [-0.2, 0) is 13.1 Å². The fraction of sp³-hybridized carbons (Fsp3) is 0.154. The Bertz CT molecular complexity index is 550. The molecule has 0 aliphatic heterocycles. The molecule has 0 bridgehead atoms. The Morgan fingerprint density at radius 2 is 1.94 bits per heavy atom. The second-order valence-corrected chi connectivity index (χ2v) is 3.71. The number of benzene rings is 1. The van der Waals surface area contributed by atoms with Crippen molar-refractivity contribution in [2.24, 2.45) is 0 Å². The van der Waals surface area contributed by atoms with Crippen molar-refractivity contribution >= 4 is 0 Å². The largest absolute Gasteiger partial charge is 0.468 e. The zero-order chi connectivity index (χ0) is 13.0. The van der Waals surface area contributed by atoms with Crippen LogP contribution in [0.25, 0.3) is 0 Å². The maximum atomic E-state index is 13.5. The van der Waals surface area contributed by atoms with Gasteiger partial charge in [-0.2, -0.15) is 5.26 Å². The van der Waals surface area contributed by atoms with Gasteiger partial charge >= 0.3 is 0 Å². The lowest BCUT2D eigenvalue weighted by atomic mass is 10.1. The van der Waals surface area contributed by atoms with Gasteiger partial charge in [-0.05, 0) is 24.3 Å². The summed E-state index contributed by atoms with van der Waals surface area (Å²) in [6, 6.07) is 7.24. The van der Waals surface area contributed by atoms with Crippen molar-refractivity contribution in [3.05, 3.63) is 59.1 Å². The molecule has 0 unspecified atom stereocenters. The normalized spacial score (nSPS) is 10.3. The third kappa shape index (κ3) is 2.73. The molecular formula is C13H10F2N2O. The molecule has 3 nitrogen and oxygen atoms in total. The molecule has 2 aromatic rings. The number of nitriles is 1. The highest BCUT2D eigenvalue weighted by molar-refractivity contribution is 5.34. The van der Waals surface area contributed by atoms with Gasteiger partial charge in [-0.3, -0.25) is 0 Å². The van der Waals surface area contributed by atoms with Crippen molar-refractivity contribution in [2.45, 2.75) is 13.1 Å². The van der Waals surface area contributed by atoms with Crippen LogP contribution < -0.4 is 5.32 Å². The standard InChI is InChI=1S/C13H10F2N2O/c14-12-4-9(6-16)5-13(15)11(12)8-17-7-10-2-1-3-18-10/h1-5,17H,7-8H2. The fourth-order valence-corrected chi connectivity index (χ4v) is 1.56. The van der Waals surface area contributed by atoms with E-state index in [9.17, 15) is 8.78 Å². The maximum absolute atomic E-state index is 13.5. The van der Waals surface area contributed by atoms with E-state index < -0.39 is 11.6 Å². The summed E-state index contributed by atoms with van der Waals surface area (Å²) in [5.41, 5.74) is -0.111. The van der Waals surface area contributed by atoms with Crippen LogP contribution in [0.15, 0.2) is 34.9 Å². The van der Waals surface area contributed by atoms with Crippen LogP contribution in [0.2, 0.25) is 0 Å². The van der Waals surface area contributed by atoms with Crippen LogP contribution in [0.5, 0.6) is 0 Å². The van der Waals surface area contributed by atoms with Crippen LogP contribution in [0.1, 0.15) is 16.9 Å². The van der Waals surface area contributed by atoms with Crippen molar-refractivity contribution in [1.82, 2.24) is 5.32 Å². The smallest absolute Gasteiger partial charge is 0.131 e. The highest BCUT2D eigenvalue weighted by atomic mass is 19.1. The quantitative estimate of drug-likeness (QED) is 0.905. The number of nitrogens with one attached hydrogen (secondary N) is 1. The molecule has 1 aromatic carbocycles. The Morgan fingerprint density at radius 1 is 1.22 bits per heavy atom. The highest BCUT2D eigenvalue weighted by Crippen LogP contribution is 2.15. The van der Waals surface area contributed by atoms with E-state index >= 15 is 0 Å². The summed E-state index contributed by atoms with van der Waals surface area (Å²) in [5.74, 6) is -0.763. The summed E-state index contributed by atoms with van der Waals surface area (Å²) < 4.78 is 32.1. The first kappa shape index (κ1) is 12.3. The van der Waals surface area contributed by atoms with Gasteiger partial charge in [-0.25, -0.2) is 8.78 Å². The van der Waals surface area contributed by atoms with E-state index in [1.807, 2.05) is 0 Å². The number of furan rings is 1. The minimum atomic E-state index is -0.724. The van der Waals surface area contributed by atoms with Crippen molar-refractivity contribution in [2.75, 3.05) is 0 Å². The lowest BCUT2D eigenvalue weighted by molar-refractivity contribution is 0.473. The van der Waals surface area contributed by atoms with Gasteiger partial charge in [0.15, 0.2) is 0 Å². The van der Waals surface area contributed by atoms with Gasteiger partial charge < -0.3 is 9.73 Å². The molecule has 0 spiro atoms. The zero-order valence-corrected chi connectivity index (χ0v) is 9.41. The number of hydrogen-bond donors (Lipinski definition) is 1. The summed E-state index contributed by atoms with van der Waals surface area (Å²) in [6.45, 7) is 0.413. The first-order valence-electron chi connectivity index (χ1n) is 5.32. The van der Waals surface area contributed by atoms with E-state index in [0.717, 1.165) is 12.1 Å². The molecule has 5 heteroatoms. The van der Waals surface area contributed by atoms with E-state index in [0.29, 0.717) is 12.3 Å². The molecule has 0 saturated carbocycles. The van der Waals surface area contributed by atoms with Crippen molar-refractivity contribution in [3.8, 4) is 6.07 Å². The van der Waals surface area contributed by atoms with Crippen LogP contribution in [0.4, 0.5) is 8.78 Å². The third-order valence-electron chi connectivity index (χ3n) is 2.45. The highest BCUT2D eigenvalue weighted by Gasteiger charge is 2.10. The van der Waals surface area contributed by atoms with E-state index in [4.69, 9.17) is 9.68 Å². The van der Waals surface area contributed by atoms with Gasteiger partial charge in [0.25, 0.3) is 0 Å². The van der Waals surface area contributed by atoms with Crippen molar-refractivity contribution in [1.29, 1.82) is 5.26 Å². The van der Waals surface area contributed by atoms with E-state index in [1.165, 1.54) is 6.26 Å². The Kier molecular flexibility index (Phi) is 3.70. The Morgan fingerprint density at radius 3 is 2.50 bits per heavy atom. The maximum Gasteiger partial charge on any atom is 0.131 e. The molecule has 1 N–H and O–H groups in total. The van der Waals surface area contributed by atoms with Gasteiger partial charge in [0.1, 0.15) is 17.4 Å². The topological polar surface area (TPSA) is 49.0 Å². The van der Waals surface area contributed by atoms with Crippen molar-refractivity contribution in [3.63, 3.8) is 0 Å². The second kappa shape index (κ2) is 5.43. The monoisotopic (exact) mass is 248 g/mol. The van der Waals surface area contributed by atoms with Crippen molar-refractivity contribution < 1.29 is 13.2 Å². The van der Waals surface area contributed by atoms with Crippen LogP contribution in [-0.4, -0.2) is 0 Å². The summed E-state index contributed by atoms with van der Waals surface area (Å²) in [7, 11) is 0. The Hall–Kier alpha value is -2.19. The first-order chi connectivity index (χ1) is 8.70. The Labute approximate surface area is 103 Å². The average molecular weight is 248 g/mol. The van der Waals surface area contributed by atoms with Gasteiger partial charge in [0.05, 0.1) is 24.4 Å². The second-order valence-electron chi connectivity index (χ2n) is 3.71. The molecule has 0 saturated heterocycles. The minimum Gasteiger partial charge on any atom is -0.468 e. The summed E-state index contributed by atoms with van der Waals surface area (Å²) in [6.07, 6.45) is 1.53. The molecule has 0 aliphatic rings. The molecule has 0 fully saturated rings. The molecule has 1 heterocycles. The lowest BCUT2D eigenvalue weighted by Gasteiger charge is -2.06. The van der Waals surface area contributed by atoms with Gasteiger partial charge in [-0.15, -0.1) is 0 Å². The van der Waals surface area contributed by atoms with Gasteiger partial charge in [-0.1, -0.05) is 0 Å². The third-order valence-corrected chi connectivity index (χ3v) is 2.45. The number of halogens is 2. The van der Waals surface area contributed by atoms with Gasteiger partial charge in [0.2, 0.25) is 0 Å². The Balaban J connectivity index is 2.03. The minimum absolute atomic E-state index is 0.0280. The molecular weight excluding hydrogens is 238 g/mol. The summed E-state index contributed by atoms with van der Waals surface area (Å²) >= 11 is 0.